The molecule has 2 aliphatic heterocycles. The molecule has 0 radical (unpaired) electrons. The largest absolute Gasteiger partial charge is 0.366 e. The van der Waals surface area contributed by atoms with Gasteiger partial charge >= 0.3 is 0 Å². The Balaban J connectivity index is 0.00000289. The Kier molecular flexibility index (Phi) is 7.73. The number of piperazine rings is 2. The number of carbonyl (C=O) groups is 2. The number of aromatic nitrogens is 2. The van der Waals surface area contributed by atoms with Crippen LogP contribution in [0.15, 0.2) is 30.3 Å². The second-order valence-electron chi connectivity index (χ2n) is 8.24. The van der Waals surface area contributed by atoms with Gasteiger partial charge in [-0.15, -0.1) is 12.4 Å². The van der Waals surface area contributed by atoms with Gasteiger partial charge in [0.05, 0.1) is 5.69 Å². The number of benzene rings is 1. The number of aryl methyl sites for hydroxylation is 1. The van der Waals surface area contributed by atoms with Crippen LogP contribution in [-0.4, -0.2) is 95.7 Å². The minimum absolute atomic E-state index is 0. The summed E-state index contributed by atoms with van der Waals surface area (Å²) in [7, 11) is 2.04. The molecule has 2 saturated heterocycles. The highest BCUT2D eigenvalue weighted by atomic mass is 35.5. The molecule has 174 valence electrons. The van der Waals surface area contributed by atoms with Crippen LogP contribution in [-0.2, 0) is 11.3 Å². The Labute approximate surface area is 194 Å². The fourth-order valence-electron chi connectivity index (χ4n) is 4.08. The van der Waals surface area contributed by atoms with E-state index in [1.165, 1.54) is 6.07 Å². The molecule has 4 rings (SSSR count). The van der Waals surface area contributed by atoms with Crippen LogP contribution in [0.2, 0.25) is 0 Å². The van der Waals surface area contributed by atoms with Crippen LogP contribution in [0, 0.1) is 12.7 Å². The fourth-order valence-corrected chi connectivity index (χ4v) is 4.08. The number of halogens is 2. The Morgan fingerprint density at radius 2 is 1.59 bits per heavy atom. The normalized spacial score (nSPS) is 17.3. The van der Waals surface area contributed by atoms with Gasteiger partial charge in [-0.25, -0.2) is 4.39 Å². The lowest BCUT2D eigenvalue weighted by molar-refractivity contribution is -0.132. The molecule has 10 heteroatoms. The summed E-state index contributed by atoms with van der Waals surface area (Å²) in [5.41, 5.74) is 1.75. The van der Waals surface area contributed by atoms with Gasteiger partial charge in [-0.2, -0.15) is 5.10 Å². The molecular formula is C22H30ClFN6O2. The van der Waals surface area contributed by atoms with E-state index < -0.39 is 0 Å². The number of anilines is 1. The monoisotopic (exact) mass is 464 g/mol. The van der Waals surface area contributed by atoms with Crippen molar-refractivity contribution in [1.29, 1.82) is 0 Å². The first kappa shape index (κ1) is 24.0. The molecule has 2 aliphatic rings. The van der Waals surface area contributed by atoms with Gasteiger partial charge in [-0.3, -0.25) is 14.3 Å². The van der Waals surface area contributed by atoms with Crippen molar-refractivity contribution < 1.29 is 14.0 Å². The van der Waals surface area contributed by atoms with Crippen molar-refractivity contribution in [2.24, 2.45) is 0 Å². The quantitative estimate of drug-likeness (QED) is 0.686. The summed E-state index contributed by atoms with van der Waals surface area (Å²) in [5, 5.41) is 4.42. The summed E-state index contributed by atoms with van der Waals surface area (Å²) in [6.45, 7) is 7.25. The molecule has 2 amide bonds. The topological polar surface area (TPSA) is 64.9 Å². The molecule has 1 aromatic carbocycles. The van der Waals surface area contributed by atoms with Crippen molar-refractivity contribution in [3.63, 3.8) is 0 Å². The van der Waals surface area contributed by atoms with E-state index in [1.54, 1.807) is 27.8 Å². The Morgan fingerprint density at radius 1 is 0.969 bits per heavy atom. The van der Waals surface area contributed by atoms with Crippen molar-refractivity contribution in [3.8, 4) is 0 Å². The summed E-state index contributed by atoms with van der Waals surface area (Å²) in [4.78, 5) is 33.3. The highest BCUT2D eigenvalue weighted by Crippen LogP contribution is 2.20. The van der Waals surface area contributed by atoms with E-state index in [0.717, 1.165) is 18.8 Å². The molecule has 2 fully saturated rings. The Bertz CT molecular complexity index is 952. The third kappa shape index (κ3) is 5.21. The van der Waals surface area contributed by atoms with E-state index in [2.05, 4.69) is 10.00 Å². The molecule has 0 atom stereocenters. The second-order valence-corrected chi connectivity index (χ2v) is 8.24. The number of rotatable bonds is 4. The summed E-state index contributed by atoms with van der Waals surface area (Å²) in [6.07, 6.45) is 0. The Morgan fingerprint density at radius 3 is 2.25 bits per heavy atom. The lowest BCUT2D eigenvalue weighted by Crippen LogP contribution is -2.50. The highest BCUT2D eigenvalue weighted by molar-refractivity contribution is 5.92. The van der Waals surface area contributed by atoms with E-state index in [4.69, 9.17) is 0 Å². The van der Waals surface area contributed by atoms with Crippen LogP contribution in [0.1, 0.15) is 16.2 Å². The summed E-state index contributed by atoms with van der Waals surface area (Å²) in [6, 6.07) is 8.46. The molecule has 0 N–H and O–H groups in total. The number of amides is 2. The molecule has 0 spiro atoms. The van der Waals surface area contributed by atoms with Crippen molar-refractivity contribution >= 4 is 29.9 Å². The number of carbonyl (C=O) groups excluding carboxylic acids is 2. The van der Waals surface area contributed by atoms with Crippen LogP contribution >= 0.6 is 12.4 Å². The maximum Gasteiger partial charge on any atom is 0.274 e. The van der Waals surface area contributed by atoms with E-state index in [-0.39, 0.29) is 36.6 Å². The second kappa shape index (κ2) is 10.3. The lowest BCUT2D eigenvalue weighted by Gasteiger charge is -2.36. The van der Waals surface area contributed by atoms with Crippen LogP contribution in [0.4, 0.5) is 10.1 Å². The molecule has 8 nitrogen and oxygen atoms in total. The zero-order chi connectivity index (χ0) is 22.0. The first-order valence-corrected chi connectivity index (χ1v) is 10.7. The molecule has 0 bridgehead atoms. The Hall–Kier alpha value is -2.65. The zero-order valence-electron chi connectivity index (χ0n) is 18.5. The van der Waals surface area contributed by atoms with Crippen molar-refractivity contribution in [1.82, 2.24) is 24.5 Å². The van der Waals surface area contributed by atoms with Gasteiger partial charge in [0.25, 0.3) is 5.91 Å². The molecular weight excluding hydrogens is 435 g/mol. The minimum Gasteiger partial charge on any atom is -0.366 e. The van der Waals surface area contributed by atoms with E-state index in [9.17, 15) is 14.0 Å². The predicted molar refractivity (Wildman–Crippen MR) is 123 cm³/mol. The summed E-state index contributed by atoms with van der Waals surface area (Å²) < 4.78 is 15.6. The van der Waals surface area contributed by atoms with E-state index in [1.807, 2.05) is 29.8 Å². The maximum absolute atomic E-state index is 14.0. The molecule has 0 unspecified atom stereocenters. The van der Waals surface area contributed by atoms with Crippen LogP contribution in [0.25, 0.3) is 0 Å². The van der Waals surface area contributed by atoms with Crippen LogP contribution in [0.3, 0.4) is 0 Å². The molecule has 1 aromatic heterocycles. The number of hydrogen-bond acceptors (Lipinski definition) is 5. The zero-order valence-corrected chi connectivity index (χ0v) is 19.4. The summed E-state index contributed by atoms with van der Waals surface area (Å²) in [5.74, 6) is -0.370. The molecule has 0 aliphatic carbocycles. The molecule has 0 saturated carbocycles. The number of para-hydroxylation sites is 1. The van der Waals surface area contributed by atoms with Gasteiger partial charge in [0.1, 0.15) is 12.4 Å². The molecule has 3 heterocycles. The van der Waals surface area contributed by atoms with Gasteiger partial charge in [-0.1, -0.05) is 12.1 Å². The average molecular weight is 465 g/mol. The van der Waals surface area contributed by atoms with Crippen LogP contribution < -0.4 is 4.90 Å². The predicted octanol–water partition coefficient (Wildman–Crippen LogP) is 1.49. The van der Waals surface area contributed by atoms with Crippen molar-refractivity contribution in [3.05, 3.63) is 47.5 Å². The standard InChI is InChI=1S/C22H29FN6O2.ClH/c1-17-15-19(22(31)28-9-7-25(2)8-10-28)24-29(17)16-21(30)27-13-11-26(12-14-27)20-6-4-3-5-18(20)23;/h3-6,15H,7-14,16H2,1-2H3;1H. The maximum atomic E-state index is 14.0. The molecule has 32 heavy (non-hydrogen) atoms. The average Bonchev–Trinajstić information content (AvgIpc) is 3.14. The van der Waals surface area contributed by atoms with Gasteiger partial charge < -0.3 is 19.6 Å². The smallest absolute Gasteiger partial charge is 0.274 e. The van der Waals surface area contributed by atoms with Gasteiger partial charge in [0.2, 0.25) is 5.91 Å². The SMILES string of the molecule is Cc1cc(C(=O)N2CCN(C)CC2)nn1CC(=O)N1CCN(c2ccccc2F)CC1.Cl. The minimum atomic E-state index is -0.244. The van der Waals surface area contributed by atoms with E-state index >= 15 is 0 Å². The number of likely N-dealkylation sites (N-methyl/N-ethyl adjacent to an activating group) is 1. The van der Waals surface area contributed by atoms with Gasteiger partial charge in [0, 0.05) is 58.1 Å². The van der Waals surface area contributed by atoms with Crippen molar-refractivity contribution in [2.45, 2.75) is 13.5 Å². The van der Waals surface area contributed by atoms with Crippen molar-refractivity contribution in [2.75, 3.05) is 64.3 Å². The number of hydrogen-bond donors (Lipinski definition) is 0. The lowest BCUT2D eigenvalue weighted by atomic mass is 10.2. The van der Waals surface area contributed by atoms with Gasteiger partial charge in [0.15, 0.2) is 5.69 Å². The van der Waals surface area contributed by atoms with Gasteiger partial charge in [-0.05, 0) is 32.2 Å². The number of nitrogens with zero attached hydrogens (tertiary/aromatic N) is 6. The third-order valence-corrected chi connectivity index (χ3v) is 6.10. The first-order chi connectivity index (χ1) is 14.9. The van der Waals surface area contributed by atoms with E-state index in [0.29, 0.717) is 50.6 Å². The first-order valence-electron chi connectivity index (χ1n) is 10.7. The highest BCUT2D eigenvalue weighted by Gasteiger charge is 2.26. The molecule has 2 aromatic rings. The van der Waals surface area contributed by atoms with Crippen LogP contribution in [0.5, 0.6) is 0 Å². The summed E-state index contributed by atoms with van der Waals surface area (Å²) >= 11 is 0. The fraction of sp³-hybridized carbons (Fsp3) is 0.500. The third-order valence-electron chi connectivity index (χ3n) is 6.10.